The van der Waals surface area contributed by atoms with Gasteiger partial charge in [0, 0.05) is 0 Å². The molecule has 2 radical (unpaired) electrons. The van der Waals surface area contributed by atoms with Gasteiger partial charge in [-0.1, -0.05) is 8.79 Å². The fourth-order valence-electron chi connectivity index (χ4n) is 0. The minimum atomic E-state index is -1.71. The Labute approximate surface area is 29.9 Å². The van der Waals surface area contributed by atoms with Crippen LogP contribution in [0.2, 0.25) is 0 Å². The molecule has 0 aliphatic heterocycles. The Bertz CT molecular complexity index is 31.0. The Balaban J connectivity index is 2.80. The third kappa shape index (κ3) is 21.9. The summed E-state index contributed by atoms with van der Waals surface area (Å²) in [4.78, 5) is 0. The van der Waals surface area contributed by atoms with Crippen LogP contribution in [0.15, 0.2) is 0 Å². The van der Waals surface area contributed by atoms with Gasteiger partial charge in [-0.3, -0.25) is 0 Å². The first-order chi connectivity index (χ1) is 1.73. The summed E-state index contributed by atoms with van der Waals surface area (Å²) < 4.78 is 9.37. The van der Waals surface area contributed by atoms with Gasteiger partial charge in [0.2, 0.25) is 8.22 Å². The van der Waals surface area contributed by atoms with E-state index in [9.17, 15) is 4.46 Å². The maximum absolute atomic E-state index is 9.37. The van der Waals surface area contributed by atoms with Crippen LogP contribution >= 0.6 is 8.79 Å². The standard InChI is InChI=1S/BH2OPSi/c1-4(2)3/h3H2. The van der Waals surface area contributed by atoms with E-state index < -0.39 is 8.22 Å². The summed E-state index contributed by atoms with van der Waals surface area (Å²) in [6, 6.07) is 0. The minimum absolute atomic E-state index is 1.71. The lowest BCUT2D eigenvalue weighted by Crippen LogP contribution is -1.78. The molecule has 0 bridgehead atoms. The molecule has 20 valence electrons. The lowest BCUT2D eigenvalue weighted by molar-refractivity contribution is 0.583. The lowest BCUT2D eigenvalue weighted by atomic mass is 10.8. The van der Waals surface area contributed by atoms with Crippen LogP contribution in [-0.4, -0.2) is 15.7 Å². The predicted molar refractivity (Wildman–Crippen MR) is 21.9 cm³/mol. The minimum Gasteiger partial charge on any atom is -0.395 e. The highest BCUT2D eigenvalue weighted by molar-refractivity contribution is 7.67. The molecule has 0 N–H and O–H groups in total. The molecule has 0 aromatic rings. The Morgan fingerprint density at radius 2 is 2.00 bits per heavy atom. The van der Waals surface area contributed by atoms with Crippen LogP contribution in [0.25, 0.3) is 0 Å². The van der Waals surface area contributed by atoms with Crippen LogP contribution < -0.4 is 0 Å². The van der Waals surface area contributed by atoms with Crippen molar-refractivity contribution in [2.45, 2.75) is 0 Å². The fourth-order valence-corrected chi connectivity index (χ4v) is 0. The second-order valence-corrected chi connectivity index (χ2v) is 2.91. The molecule has 0 saturated carbocycles. The summed E-state index contributed by atoms with van der Waals surface area (Å²) in [5.74, 6) is 0. The molecular formula is H2BOPSi. The topological polar surface area (TPSA) is 17.1 Å². The molecule has 0 aliphatic carbocycles. The van der Waals surface area contributed by atoms with Gasteiger partial charge in [-0.2, -0.15) is 0 Å². The van der Waals surface area contributed by atoms with Crippen molar-refractivity contribution in [3.63, 3.8) is 0 Å². The zero-order chi connectivity index (χ0) is 3.58. The Morgan fingerprint density at radius 1 is 2.00 bits per heavy atom. The maximum Gasteiger partial charge on any atom is 0.235 e. The highest BCUT2D eigenvalue weighted by Gasteiger charge is 1.69. The lowest BCUT2D eigenvalue weighted by Gasteiger charge is -1.52. The van der Waals surface area contributed by atoms with E-state index in [0.29, 0.717) is 0 Å². The first-order valence-corrected chi connectivity index (χ1v) is 4.08. The molecule has 0 aromatic carbocycles. The molecule has 4 heteroatoms. The Morgan fingerprint density at radius 3 is 2.00 bits per heavy atom. The molecule has 1 atom stereocenters. The molecule has 0 amide bonds. The summed E-state index contributed by atoms with van der Waals surface area (Å²) in [6.07, 6.45) is 0. The third-order valence-corrected chi connectivity index (χ3v) is 0. The fraction of sp³-hybridized carbons (Fsp3) is 0. The van der Waals surface area contributed by atoms with Gasteiger partial charge in [-0.05, 0) is 0 Å². The maximum atomic E-state index is 9.37. The number of hydrogen-bond acceptors (Lipinski definition) is 1. The Kier molecular flexibility index (Phi) is 2.03. The molecule has 0 aromatic heterocycles. The highest BCUT2D eigenvalue weighted by Crippen LogP contribution is 1.65. The highest BCUT2D eigenvalue weighted by atomic mass is 31.3. The zero-order valence-corrected chi connectivity index (χ0v) is 4.22. The van der Waals surface area contributed by atoms with Crippen molar-refractivity contribution < 1.29 is 4.46 Å². The van der Waals surface area contributed by atoms with Crippen molar-refractivity contribution in [1.82, 2.24) is 0 Å². The quantitative estimate of drug-likeness (QED) is 0.286. The monoisotopic (exact) mass is 88.0 g/mol. The number of hydrogen-bond donors (Lipinski definition) is 0. The van der Waals surface area contributed by atoms with Gasteiger partial charge < -0.3 is 4.46 Å². The van der Waals surface area contributed by atoms with E-state index >= 15 is 0 Å². The molecule has 0 heterocycles. The summed E-state index contributed by atoms with van der Waals surface area (Å²) in [5.41, 5.74) is 0. The largest absolute Gasteiger partial charge is 0.395 e. The van der Waals surface area contributed by atoms with E-state index in [1.165, 1.54) is 0 Å². The average Bonchev–Trinajstić information content (AvgIpc) is 0.811. The molecule has 1 nitrogen and oxygen atoms in total. The Hall–Kier alpha value is 0.512. The molecule has 0 spiro atoms. The summed E-state index contributed by atoms with van der Waals surface area (Å²) in [6.45, 7) is 0. The van der Waals surface area contributed by atoms with Crippen LogP contribution in [-0.2, 0) is 4.46 Å². The van der Waals surface area contributed by atoms with Gasteiger partial charge in [0.05, 0.1) is 0 Å². The second kappa shape index (κ2) is 1.80. The van der Waals surface area contributed by atoms with E-state index in [0.717, 1.165) is 0 Å². The second-order valence-electron chi connectivity index (χ2n) is 0.402. The van der Waals surface area contributed by atoms with Gasteiger partial charge in [0.1, 0.15) is 7.44 Å². The molecule has 4 heavy (non-hydrogen) atoms. The van der Waals surface area contributed by atoms with E-state index in [1.54, 1.807) is 0 Å². The molecular weight excluding hydrogens is 85.9 g/mol. The first kappa shape index (κ1) is 4.51. The van der Waals surface area contributed by atoms with Crippen LogP contribution in [0.1, 0.15) is 0 Å². The van der Waals surface area contributed by atoms with Crippen molar-refractivity contribution in [3.8, 4) is 0 Å². The van der Waals surface area contributed by atoms with Gasteiger partial charge in [-0.25, -0.2) is 0 Å². The van der Waals surface area contributed by atoms with E-state index in [2.05, 4.69) is 7.44 Å². The van der Waals surface area contributed by atoms with Gasteiger partial charge in [0.15, 0.2) is 0 Å². The van der Waals surface area contributed by atoms with Crippen molar-refractivity contribution >= 4 is 24.4 Å². The van der Waals surface area contributed by atoms with E-state index in [-0.39, 0.29) is 0 Å². The van der Waals surface area contributed by atoms with Crippen LogP contribution in [0.3, 0.4) is 0 Å². The average molecular weight is 87.9 g/mol. The SMILES string of the molecule is [B][Si](=O)P. The summed E-state index contributed by atoms with van der Waals surface area (Å²) >= 11 is 0. The molecule has 1 unspecified atom stereocenters. The van der Waals surface area contributed by atoms with Gasteiger partial charge >= 0.3 is 0 Å². The molecule has 0 fully saturated rings. The smallest absolute Gasteiger partial charge is 0.235 e. The predicted octanol–water partition coefficient (Wildman–Crippen LogP) is -0.555. The van der Waals surface area contributed by atoms with Crippen molar-refractivity contribution in [2.75, 3.05) is 0 Å². The number of rotatable bonds is 0. The molecule has 0 aliphatic rings. The summed E-state index contributed by atoms with van der Waals surface area (Å²) in [7, 11) is 4.89. The molecule has 0 rings (SSSR count). The van der Waals surface area contributed by atoms with Gasteiger partial charge in [-0.15, -0.1) is 0 Å². The third-order valence-electron chi connectivity index (χ3n) is 0. The summed E-state index contributed by atoms with van der Waals surface area (Å²) in [5, 5.41) is 0. The first-order valence-electron chi connectivity index (χ1n) is 0.781. The van der Waals surface area contributed by atoms with Crippen LogP contribution in [0, 0.1) is 0 Å². The zero-order valence-electron chi connectivity index (χ0n) is 2.06. The van der Waals surface area contributed by atoms with Gasteiger partial charge in [0.25, 0.3) is 0 Å². The van der Waals surface area contributed by atoms with E-state index in [4.69, 9.17) is 0 Å². The molecule has 0 saturated heterocycles. The van der Waals surface area contributed by atoms with Crippen LogP contribution in [0.4, 0.5) is 0 Å². The van der Waals surface area contributed by atoms with Crippen molar-refractivity contribution in [1.29, 1.82) is 0 Å². The van der Waals surface area contributed by atoms with Crippen molar-refractivity contribution in [2.24, 2.45) is 0 Å². The van der Waals surface area contributed by atoms with Crippen LogP contribution in [0.5, 0.6) is 0 Å². The van der Waals surface area contributed by atoms with E-state index in [1.807, 2.05) is 8.79 Å². The van der Waals surface area contributed by atoms with Crippen molar-refractivity contribution in [3.05, 3.63) is 0 Å². The normalized spacial score (nSPS) is 6.25.